The van der Waals surface area contributed by atoms with Crippen LogP contribution in [0.25, 0.3) is 5.76 Å². The minimum absolute atomic E-state index is 0.0756. The molecule has 8 nitrogen and oxygen atoms in total. The summed E-state index contributed by atoms with van der Waals surface area (Å²) in [6.45, 7) is 3.02. The molecule has 0 bridgehead atoms. The van der Waals surface area contributed by atoms with Crippen LogP contribution in [-0.2, 0) is 21.9 Å². The highest BCUT2D eigenvalue weighted by Gasteiger charge is 2.48. The Morgan fingerprint density at radius 1 is 0.896 bits per heavy atom. The van der Waals surface area contributed by atoms with Crippen molar-refractivity contribution in [3.63, 3.8) is 0 Å². The SMILES string of the molecule is CCCCOc1ccc(C(O)=C2C(=O)C(=O)N(c3nnc(SCc4ccccc4F)s3)C2c2ccc(OCc3ccccc3)cc2)cc1. The van der Waals surface area contributed by atoms with E-state index in [1.807, 2.05) is 30.3 Å². The Bertz CT molecular complexity index is 1910. The van der Waals surface area contributed by atoms with Crippen LogP contribution in [0, 0.1) is 5.82 Å². The van der Waals surface area contributed by atoms with E-state index in [-0.39, 0.29) is 22.3 Å². The summed E-state index contributed by atoms with van der Waals surface area (Å²) >= 11 is 2.39. The number of hydrogen-bond donors (Lipinski definition) is 1. The predicted molar refractivity (Wildman–Crippen MR) is 185 cm³/mol. The molecule has 5 aromatic rings. The maximum atomic E-state index is 14.2. The average Bonchev–Trinajstić information content (AvgIpc) is 3.69. The smallest absolute Gasteiger partial charge is 0.301 e. The third kappa shape index (κ3) is 7.42. The van der Waals surface area contributed by atoms with E-state index >= 15 is 0 Å². The molecule has 48 heavy (non-hydrogen) atoms. The van der Waals surface area contributed by atoms with Crippen molar-refractivity contribution in [1.82, 2.24) is 10.2 Å². The zero-order valence-electron chi connectivity index (χ0n) is 26.0. The van der Waals surface area contributed by atoms with Gasteiger partial charge in [0.2, 0.25) is 5.13 Å². The van der Waals surface area contributed by atoms with Crippen molar-refractivity contribution < 1.29 is 28.6 Å². The van der Waals surface area contributed by atoms with E-state index in [2.05, 4.69) is 17.1 Å². The van der Waals surface area contributed by atoms with Crippen LogP contribution in [0.1, 0.15) is 48.1 Å². The number of ether oxygens (including phenoxy) is 2. The summed E-state index contributed by atoms with van der Waals surface area (Å²) in [7, 11) is 0. The van der Waals surface area contributed by atoms with Crippen molar-refractivity contribution in [2.45, 2.75) is 42.5 Å². The summed E-state index contributed by atoms with van der Waals surface area (Å²) in [5.74, 6) is -0.778. The van der Waals surface area contributed by atoms with Crippen LogP contribution in [0.2, 0.25) is 0 Å². The highest BCUT2D eigenvalue weighted by molar-refractivity contribution is 8.00. The molecular weight excluding hydrogens is 650 g/mol. The second-order valence-electron chi connectivity index (χ2n) is 11.0. The van der Waals surface area contributed by atoms with Gasteiger partial charge in [0.15, 0.2) is 4.34 Å². The molecule has 0 saturated carbocycles. The third-order valence-corrected chi connectivity index (χ3v) is 9.80. The molecule has 0 radical (unpaired) electrons. The van der Waals surface area contributed by atoms with Gasteiger partial charge in [-0.3, -0.25) is 14.5 Å². The highest BCUT2D eigenvalue weighted by Crippen LogP contribution is 2.44. The molecule has 1 aliphatic heterocycles. The Kier molecular flexibility index (Phi) is 10.5. The maximum absolute atomic E-state index is 14.2. The Morgan fingerprint density at radius 2 is 1.58 bits per heavy atom. The molecule has 1 atom stereocenters. The van der Waals surface area contributed by atoms with Crippen molar-refractivity contribution in [2.75, 3.05) is 11.5 Å². The molecule has 4 aromatic carbocycles. The standard InChI is InChI=1S/C37H32FN3O5S2/c1-2-3-21-45-28-19-15-26(16-20-28)33(42)31-32(25-13-17-29(18-14-25)46-22-24-9-5-4-6-10-24)41(35(44)34(31)43)36-39-40-37(48-36)47-23-27-11-7-8-12-30(27)38/h4-20,32,42H,2-3,21-23H2,1H3. The fraction of sp³-hybridized carbons (Fsp3) is 0.189. The number of carbonyl (C=O) groups excluding carboxylic acids is 2. The van der Waals surface area contributed by atoms with Crippen LogP contribution in [-0.4, -0.2) is 33.6 Å². The number of carbonyl (C=O) groups is 2. The third-order valence-electron chi connectivity index (χ3n) is 7.69. The molecule has 1 aromatic heterocycles. The van der Waals surface area contributed by atoms with Crippen LogP contribution in [0.5, 0.6) is 11.5 Å². The summed E-state index contributed by atoms with van der Waals surface area (Å²) in [4.78, 5) is 28.6. The highest BCUT2D eigenvalue weighted by atomic mass is 32.2. The largest absolute Gasteiger partial charge is 0.507 e. The Morgan fingerprint density at radius 3 is 2.31 bits per heavy atom. The first-order valence-corrected chi connectivity index (χ1v) is 17.2. The van der Waals surface area contributed by atoms with Crippen LogP contribution < -0.4 is 14.4 Å². The van der Waals surface area contributed by atoms with Crippen molar-refractivity contribution >= 4 is 45.7 Å². The lowest BCUT2D eigenvalue weighted by Gasteiger charge is -2.22. The molecule has 244 valence electrons. The van der Waals surface area contributed by atoms with E-state index in [0.717, 1.165) is 29.7 Å². The molecule has 1 fully saturated rings. The molecule has 6 rings (SSSR count). The molecule has 1 amide bonds. The van der Waals surface area contributed by atoms with Crippen LogP contribution in [0.15, 0.2) is 113 Å². The summed E-state index contributed by atoms with van der Waals surface area (Å²) in [6.07, 6.45) is 1.91. The monoisotopic (exact) mass is 681 g/mol. The molecule has 1 aliphatic rings. The lowest BCUT2D eigenvalue weighted by molar-refractivity contribution is -0.132. The number of rotatable bonds is 13. The first kappa shape index (κ1) is 32.9. The second kappa shape index (κ2) is 15.3. The summed E-state index contributed by atoms with van der Waals surface area (Å²) in [5, 5.41) is 20.2. The van der Waals surface area contributed by atoms with Gasteiger partial charge in [-0.05, 0) is 65.6 Å². The van der Waals surface area contributed by atoms with Gasteiger partial charge in [0.1, 0.15) is 29.7 Å². The van der Waals surface area contributed by atoms with Crippen molar-refractivity contribution in [1.29, 1.82) is 0 Å². The number of benzene rings is 4. The number of halogens is 1. The van der Waals surface area contributed by atoms with Gasteiger partial charge in [0.25, 0.3) is 5.78 Å². The number of anilines is 1. The number of Topliss-reactive ketones (excluding diaryl/α,β-unsaturated/α-hetero) is 1. The number of hydrogen-bond acceptors (Lipinski definition) is 9. The van der Waals surface area contributed by atoms with Gasteiger partial charge < -0.3 is 14.6 Å². The number of aromatic nitrogens is 2. The second-order valence-corrected chi connectivity index (χ2v) is 13.1. The first-order chi connectivity index (χ1) is 23.4. The Balaban J connectivity index is 1.32. The minimum Gasteiger partial charge on any atom is -0.507 e. The number of nitrogens with zero attached hydrogens (tertiary/aromatic N) is 3. The number of aliphatic hydroxyl groups is 1. The van der Waals surface area contributed by atoms with Gasteiger partial charge in [-0.2, -0.15) is 0 Å². The lowest BCUT2D eigenvalue weighted by Crippen LogP contribution is -2.29. The average molecular weight is 682 g/mol. The van der Waals surface area contributed by atoms with Gasteiger partial charge in [-0.25, -0.2) is 4.39 Å². The zero-order chi connectivity index (χ0) is 33.5. The van der Waals surface area contributed by atoms with Crippen LogP contribution >= 0.6 is 23.1 Å². The van der Waals surface area contributed by atoms with Crippen LogP contribution in [0.4, 0.5) is 9.52 Å². The summed E-state index contributed by atoms with van der Waals surface area (Å²) < 4.78 is 26.4. The molecule has 11 heteroatoms. The van der Waals surface area contributed by atoms with E-state index in [1.165, 1.54) is 22.7 Å². The lowest BCUT2D eigenvalue weighted by atomic mass is 9.95. The number of amides is 1. The molecule has 2 heterocycles. The van der Waals surface area contributed by atoms with Crippen LogP contribution in [0.3, 0.4) is 0 Å². The molecule has 0 spiro atoms. The summed E-state index contributed by atoms with van der Waals surface area (Å²) in [5.41, 5.74) is 2.38. The molecule has 0 aliphatic carbocycles. The van der Waals surface area contributed by atoms with E-state index in [9.17, 15) is 19.1 Å². The molecular formula is C37H32FN3O5S2. The first-order valence-electron chi connectivity index (χ1n) is 15.4. The molecule has 1 N–H and O–H groups in total. The topological polar surface area (TPSA) is 102 Å². The van der Waals surface area contributed by atoms with E-state index in [1.54, 1.807) is 66.7 Å². The number of ketones is 1. The minimum atomic E-state index is -0.994. The van der Waals surface area contributed by atoms with E-state index < -0.39 is 17.7 Å². The molecule has 1 saturated heterocycles. The van der Waals surface area contributed by atoms with E-state index in [4.69, 9.17) is 9.47 Å². The fourth-order valence-corrected chi connectivity index (χ4v) is 7.00. The van der Waals surface area contributed by atoms with Gasteiger partial charge >= 0.3 is 5.91 Å². The van der Waals surface area contributed by atoms with Gasteiger partial charge in [-0.15, -0.1) is 10.2 Å². The van der Waals surface area contributed by atoms with E-state index in [0.29, 0.717) is 51.5 Å². The van der Waals surface area contributed by atoms with Crippen molar-refractivity contribution in [3.05, 3.63) is 137 Å². The molecule has 1 unspecified atom stereocenters. The zero-order valence-corrected chi connectivity index (χ0v) is 27.7. The maximum Gasteiger partial charge on any atom is 0.301 e. The van der Waals surface area contributed by atoms with Crippen molar-refractivity contribution in [3.8, 4) is 11.5 Å². The Labute approximate surface area is 285 Å². The van der Waals surface area contributed by atoms with Gasteiger partial charge in [0.05, 0.1) is 18.2 Å². The predicted octanol–water partition coefficient (Wildman–Crippen LogP) is 8.35. The fourth-order valence-electron chi connectivity index (χ4n) is 5.14. The van der Waals surface area contributed by atoms with Crippen molar-refractivity contribution in [2.24, 2.45) is 0 Å². The number of aliphatic hydroxyl groups excluding tert-OH is 1. The number of unbranched alkanes of at least 4 members (excludes halogenated alkanes) is 1. The normalized spacial score (nSPS) is 15.5. The van der Waals surface area contributed by atoms with Gasteiger partial charge in [0, 0.05) is 11.3 Å². The summed E-state index contributed by atoms with van der Waals surface area (Å²) in [6, 6.07) is 29.0. The van der Waals surface area contributed by atoms with Gasteiger partial charge in [-0.1, -0.05) is 97.1 Å². The quantitative estimate of drug-likeness (QED) is 0.0331. The number of thioether (sulfide) groups is 1. The Hall–Kier alpha value is -5.00.